The minimum absolute atomic E-state index is 0.102. The number of rotatable bonds is 6. The summed E-state index contributed by atoms with van der Waals surface area (Å²) in [5, 5.41) is 5.46. The van der Waals surface area contributed by atoms with E-state index >= 15 is 0 Å². The number of hydrogen-bond donors (Lipinski definition) is 0. The molecular formula is C19H23N3O2. The van der Waals surface area contributed by atoms with Crippen LogP contribution in [0.4, 0.5) is 0 Å². The minimum atomic E-state index is 0.102. The second-order valence-corrected chi connectivity index (χ2v) is 6.38. The predicted octanol–water partition coefficient (Wildman–Crippen LogP) is 2.81. The summed E-state index contributed by atoms with van der Waals surface area (Å²) in [6, 6.07) is 8.02. The molecule has 2 aromatic rings. The summed E-state index contributed by atoms with van der Waals surface area (Å²) in [7, 11) is 0. The van der Waals surface area contributed by atoms with Crippen molar-refractivity contribution in [2.45, 2.75) is 32.2 Å². The van der Waals surface area contributed by atoms with E-state index in [1.807, 2.05) is 40.0 Å². The Kier molecular flexibility index (Phi) is 5.08. The first-order valence-corrected chi connectivity index (χ1v) is 8.51. The van der Waals surface area contributed by atoms with Crippen LogP contribution in [0.5, 0.6) is 0 Å². The van der Waals surface area contributed by atoms with Crippen LogP contribution in [0, 0.1) is 5.92 Å². The number of para-hydroxylation sites is 1. The Morgan fingerprint density at radius 2 is 2.00 bits per heavy atom. The Hall–Kier alpha value is -2.43. The lowest BCUT2D eigenvalue weighted by molar-refractivity contribution is -0.132. The van der Waals surface area contributed by atoms with Crippen molar-refractivity contribution in [2.24, 2.45) is 5.92 Å². The number of benzene rings is 1. The molecule has 2 heterocycles. The first-order valence-electron chi connectivity index (χ1n) is 8.51. The number of ketones is 1. The number of amides is 1. The van der Waals surface area contributed by atoms with E-state index < -0.39 is 0 Å². The Balaban J connectivity index is 1.49. The third-order valence-corrected chi connectivity index (χ3v) is 4.77. The molecule has 5 nitrogen and oxygen atoms in total. The molecule has 1 saturated heterocycles. The molecule has 0 bridgehead atoms. The fourth-order valence-corrected chi connectivity index (χ4v) is 3.32. The predicted molar refractivity (Wildman–Crippen MR) is 93.5 cm³/mol. The fraction of sp³-hybridized carbons (Fsp3) is 0.421. The molecule has 0 atom stereocenters. The molecule has 1 aliphatic heterocycles. The van der Waals surface area contributed by atoms with Gasteiger partial charge >= 0.3 is 0 Å². The van der Waals surface area contributed by atoms with E-state index in [-0.39, 0.29) is 11.7 Å². The molecule has 3 rings (SSSR count). The van der Waals surface area contributed by atoms with Gasteiger partial charge in [-0.15, -0.1) is 0 Å². The third-order valence-electron chi connectivity index (χ3n) is 4.77. The van der Waals surface area contributed by atoms with Crippen LogP contribution in [0.15, 0.2) is 43.1 Å². The zero-order valence-electron chi connectivity index (χ0n) is 13.9. The number of aryl methyl sites for hydroxylation is 1. The van der Waals surface area contributed by atoms with E-state index in [2.05, 4.69) is 11.7 Å². The SMILES string of the molecule is C=CC(=O)CC1CCN(C(=O)CCn2ncc3ccccc32)CC1. The van der Waals surface area contributed by atoms with E-state index in [0.29, 0.717) is 25.3 Å². The smallest absolute Gasteiger partial charge is 0.224 e. The molecule has 1 aliphatic rings. The molecule has 1 fully saturated rings. The van der Waals surface area contributed by atoms with E-state index in [1.54, 1.807) is 0 Å². The number of allylic oxidation sites excluding steroid dienone is 1. The molecule has 5 heteroatoms. The maximum atomic E-state index is 12.4. The van der Waals surface area contributed by atoms with Crippen molar-refractivity contribution < 1.29 is 9.59 Å². The second-order valence-electron chi connectivity index (χ2n) is 6.38. The van der Waals surface area contributed by atoms with Crippen LogP contribution in [-0.4, -0.2) is 39.5 Å². The molecule has 0 spiro atoms. The number of aromatic nitrogens is 2. The van der Waals surface area contributed by atoms with Gasteiger partial charge in [-0.2, -0.15) is 5.10 Å². The van der Waals surface area contributed by atoms with Crippen LogP contribution in [-0.2, 0) is 16.1 Å². The van der Waals surface area contributed by atoms with Gasteiger partial charge in [-0.3, -0.25) is 14.3 Å². The van der Waals surface area contributed by atoms with Gasteiger partial charge in [0, 0.05) is 31.3 Å². The van der Waals surface area contributed by atoms with Gasteiger partial charge in [0.15, 0.2) is 5.78 Å². The van der Waals surface area contributed by atoms with Gasteiger partial charge in [-0.1, -0.05) is 24.8 Å². The average Bonchev–Trinajstić information content (AvgIpc) is 3.03. The van der Waals surface area contributed by atoms with Gasteiger partial charge in [0.1, 0.15) is 0 Å². The van der Waals surface area contributed by atoms with Crippen LogP contribution < -0.4 is 0 Å². The van der Waals surface area contributed by atoms with E-state index in [1.165, 1.54) is 6.08 Å². The number of carbonyl (C=O) groups is 2. The standard InChI is InChI=1S/C19H23N3O2/c1-2-17(23)13-15-7-10-21(11-8-15)19(24)9-12-22-18-6-4-3-5-16(18)14-20-22/h2-6,14-15H,1,7-13H2. The first kappa shape index (κ1) is 16.4. The topological polar surface area (TPSA) is 55.2 Å². The van der Waals surface area contributed by atoms with Crippen molar-refractivity contribution in [3.8, 4) is 0 Å². The van der Waals surface area contributed by atoms with Gasteiger partial charge in [-0.25, -0.2) is 0 Å². The molecule has 0 N–H and O–H groups in total. The molecular weight excluding hydrogens is 302 g/mol. The number of fused-ring (bicyclic) bond motifs is 1. The highest BCUT2D eigenvalue weighted by Gasteiger charge is 2.23. The molecule has 1 aromatic heterocycles. The van der Waals surface area contributed by atoms with Gasteiger partial charge in [0.05, 0.1) is 18.3 Å². The molecule has 0 saturated carbocycles. The lowest BCUT2D eigenvalue weighted by atomic mass is 9.91. The molecule has 0 radical (unpaired) electrons. The highest BCUT2D eigenvalue weighted by molar-refractivity contribution is 5.89. The molecule has 1 aromatic carbocycles. The molecule has 1 amide bonds. The van der Waals surface area contributed by atoms with E-state index in [9.17, 15) is 9.59 Å². The van der Waals surface area contributed by atoms with Gasteiger partial charge in [-0.05, 0) is 30.9 Å². The summed E-state index contributed by atoms with van der Waals surface area (Å²) < 4.78 is 1.89. The van der Waals surface area contributed by atoms with Crippen molar-refractivity contribution in [1.29, 1.82) is 0 Å². The maximum Gasteiger partial charge on any atom is 0.224 e. The first-order chi connectivity index (χ1) is 11.7. The zero-order chi connectivity index (χ0) is 16.9. The highest BCUT2D eigenvalue weighted by Crippen LogP contribution is 2.21. The van der Waals surface area contributed by atoms with E-state index in [4.69, 9.17) is 0 Å². The number of hydrogen-bond acceptors (Lipinski definition) is 3. The molecule has 0 aliphatic carbocycles. The summed E-state index contributed by atoms with van der Waals surface area (Å²) in [5.74, 6) is 0.656. The average molecular weight is 325 g/mol. The van der Waals surface area contributed by atoms with Crippen LogP contribution in [0.1, 0.15) is 25.7 Å². The zero-order valence-corrected chi connectivity index (χ0v) is 13.9. The minimum Gasteiger partial charge on any atom is -0.343 e. The van der Waals surface area contributed by atoms with Gasteiger partial charge in [0.2, 0.25) is 5.91 Å². The number of nitrogens with zero attached hydrogens (tertiary/aromatic N) is 3. The highest BCUT2D eigenvalue weighted by atomic mass is 16.2. The Labute approximate surface area is 141 Å². The van der Waals surface area contributed by atoms with Crippen molar-refractivity contribution in [1.82, 2.24) is 14.7 Å². The van der Waals surface area contributed by atoms with Crippen LogP contribution in [0.25, 0.3) is 10.9 Å². The third kappa shape index (κ3) is 3.72. The number of piperidine rings is 1. The van der Waals surface area contributed by atoms with Crippen LogP contribution in [0.2, 0.25) is 0 Å². The van der Waals surface area contributed by atoms with Gasteiger partial charge in [0.25, 0.3) is 0 Å². The summed E-state index contributed by atoms with van der Waals surface area (Å²) >= 11 is 0. The summed E-state index contributed by atoms with van der Waals surface area (Å²) in [5.41, 5.74) is 1.06. The number of likely N-dealkylation sites (tertiary alicyclic amines) is 1. The van der Waals surface area contributed by atoms with Crippen molar-refractivity contribution in [3.05, 3.63) is 43.1 Å². The largest absolute Gasteiger partial charge is 0.343 e. The van der Waals surface area contributed by atoms with Gasteiger partial charge < -0.3 is 4.90 Å². The summed E-state index contributed by atoms with van der Waals surface area (Å²) in [4.78, 5) is 25.8. The lowest BCUT2D eigenvalue weighted by Gasteiger charge is -2.31. The molecule has 0 unspecified atom stereocenters. The second kappa shape index (κ2) is 7.43. The quantitative estimate of drug-likeness (QED) is 0.768. The molecule has 24 heavy (non-hydrogen) atoms. The fourth-order valence-electron chi connectivity index (χ4n) is 3.32. The summed E-state index contributed by atoms with van der Waals surface area (Å²) in [6.45, 7) is 5.60. The van der Waals surface area contributed by atoms with Crippen molar-refractivity contribution in [3.63, 3.8) is 0 Å². The van der Waals surface area contributed by atoms with Crippen molar-refractivity contribution >= 4 is 22.6 Å². The van der Waals surface area contributed by atoms with Crippen molar-refractivity contribution in [2.75, 3.05) is 13.1 Å². The van der Waals surface area contributed by atoms with E-state index in [0.717, 1.165) is 36.8 Å². The maximum absolute atomic E-state index is 12.4. The normalized spacial score (nSPS) is 15.6. The Morgan fingerprint density at radius 3 is 2.75 bits per heavy atom. The molecule has 126 valence electrons. The summed E-state index contributed by atoms with van der Waals surface area (Å²) in [6.07, 6.45) is 6.05. The van der Waals surface area contributed by atoms with Crippen LogP contribution in [0.3, 0.4) is 0 Å². The van der Waals surface area contributed by atoms with Crippen LogP contribution >= 0.6 is 0 Å². The number of carbonyl (C=O) groups excluding carboxylic acids is 2. The Bertz CT molecular complexity index is 742. The Morgan fingerprint density at radius 1 is 1.25 bits per heavy atom. The monoisotopic (exact) mass is 325 g/mol. The lowest BCUT2D eigenvalue weighted by Crippen LogP contribution is -2.39.